The van der Waals surface area contributed by atoms with Crippen LogP contribution in [0.3, 0.4) is 0 Å². The van der Waals surface area contributed by atoms with Crippen molar-refractivity contribution in [1.29, 1.82) is 0 Å². The molecule has 166 valence electrons. The molecular weight excluding hydrogens is 468 g/mol. The Balaban J connectivity index is 1.48. The molecule has 0 saturated heterocycles. The molecule has 33 heavy (non-hydrogen) atoms. The zero-order chi connectivity index (χ0) is 23.7. The summed E-state index contributed by atoms with van der Waals surface area (Å²) in [6.45, 7) is 1.81. The summed E-state index contributed by atoms with van der Waals surface area (Å²) in [6.07, 6.45) is 0. The number of hydrogen-bond donors (Lipinski definition) is 2. The first-order valence-corrected chi connectivity index (χ1v) is 10.5. The van der Waals surface area contributed by atoms with Gasteiger partial charge in [-0.05, 0) is 73.2 Å². The number of nitrogens with one attached hydrogen (secondary N) is 2. The summed E-state index contributed by atoms with van der Waals surface area (Å²) in [5.74, 6) is -2.08. The predicted octanol–water partition coefficient (Wildman–Crippen LogP) is 5.48. The van der Waals surface area contributed by atoms with Gasteiger partial charge in [-0.15, -0.1) is 0 Å². The molecule has 0 unspecified atom stereocenters. The van der Waals surface area contributed by atoms with Crippen molar-refractivity contribution in [3.8, 4) is 0 Å². The number of anilines is 3. The third-order valence-corrected chi connectivity index (χ3v) is 5.72. The lowest BCUT2D eigenvalue weighted by Gasteiger charge is -2.16. The predicted molar refractivity (Wildman–Crippen MR) is 126 cm³/mol. The van der Waals surface area contributed by atoms with E-state index in [2.05, 4.69) is 10.6 Å². The first-order chi connectivity index (χ1) is 15.7. The molecular formula is C24H16Cl2FN3O3. The van der Waals surface area contributed by atoms with E-state index in [-0.39, 0.29) is 16.6 Å². The molecule has 3 amide bonds. The van der Waals surface area contributed by atoms with Gasteiger partial charge in [0.15, 0.2) is 0 Å². The first-order valence-electron chi connectivity index (χ1n) is 9.73. The van der Waals surface area contributed by atoms with Crippen LogP contribution in [0.2, 0.25) is 5.02 Å². The molecule has 3 aromatic carbocycles. The number of carbonyl (C=O) groups excluding carboxylic acids is 3. The lowest BCUT2D eigenvalue weighted by atomic mass is 10.2. The van der Waals surface area contributed by atoms with E-state index in [0.717, 1.165) is 10.5 Å². The van der Waals surface area contributed by atoms with Gasteiger partial charge >= 0.3 is 0 Å². The molecule has 1 heterocycles. The number of aryl methyl sites for hydroxylation is 1. The molecule has 0 radical (unpaired) electrons. The van der Waals surface area contributed by atoms with Crippen molar-refractivity contribution in [2.75, 3.05) is 15.5 Å². The van der Waals surface area contributed by atoms with E-state index in [9.17, 15) is 18.8 Å². The fraction of sp³-hybridized carbons (Fsp3) is 0.0417. The Morgan fingerprint density at radius 2 is 1.52 bits per heavy atom. The van der Waals surface area contributed by atoms with Gasteiger partial charge in [-0.25, -0.2) is 9.29 Å². The minimum Gasteiger partial charge on any atom is -0.350 e. The third kappa shape index (κ3) is 4.60. The van der Waals surface area contributed by atoms with Crippen molar-refractivity contribution in [3.63, 3.8) is 0 Å². The van der Waals surface area contributed by atoms with E-state index < -0.39 is 17.6 Å². The third-order valence-electron chi connectivity index (χ3n) is 4.96. The Bertz CT molecular complexity index is 1310. The number of benzene rings is 3. The van der Waals surface area contributed by atoms with Crippen LogP contribution in [-0.4, -0.2) is 17.7 Å². The highest BCUT2D eigenvalue weighted by molar-refractivity contribution is 6.53. The Kier molecular flexibility index (Phi) is 6.18. The summed E-state index contributed by atoms with van der Waals surface area (Å²) >= 11 is 12.3. The summed E-state index contributed by atoms with van der Waals surface area (Å²) in [5, 5.41) is 5.67. The average Bonchev–Trinajstić information content (AvgIpc) is 3.01. The normalized spacial score (nSPS) is 13.5. The van der Waals surface area contributed by atoms with Crippen molar-refractivity contribution >= 4 is 58.0 Å². The maximum absolute atomic E-state index is 13.0. The lowest BCUT2D eigenvalue weighted by Crippen LogP contribution is -2.32. The number of halogens is 3. The zero-order valence-electron chi connectivity index (χ0n) is 17.2. The molecule has 0 atom stereocenters. The highest BCUT2D eigenvalue weighted by Gasteiger charge is 2.39. The Morgan fingerprint density at radius 3 is 2.15 bits per heavy atom. The fourth-order valence-electron chi connectivity index (χ4n) is 3.15. The second kappa shape index (κ2) is 9.05. The summed E-state index contributed by atoms with van der Waals surface area (Å²) in [4.78, 5) is 38.8. The average molecular weight is 484 g/mol. The molecule has 0 aromatic heterocycles. The van der Waals surface area contributed by atoms with E-state index in [1.165, 1.54) is 42.5 Å². The fourth-order valence-corrected chi connectivity index (χ4v) is 3.54. The lowest BCUT2D eigenvalue weighted by molar-refractivity contribution is -0.120. The summed E-state index contributed by atoms with van der Waals surface area (Å²) in [6, 6.07) is 16.4. The number of hydrogen-bond acceptors (Lipinski definition) is 4. The Hall–Kier alpha value is -3.68. The van der Waals surface area contributed by atoms with Crippen molar-refractivity contribution in [1.82, 2.24) is 0 Å². The van der Waals surface area contributed by atoms with Crippen LogP contribution < -0.4 is 15.5 Å². The van der Waals surface area contributed by atoms with Gasteiger partial charge < -0.3 is 10.6 Å². The molecule has 1 aliphatic rings. The number of nitrogens with zero attached hydrogens (tertiary/aromatic N) is 1. The molecule has 0 aliphatic carbocycles. The summed E-state index contributed by atoms with van der Waals surface area (Å²) in [5.41, 5.74) is 2.28. The standard InChI is InChI=1S/C24H16Cl2FN3O3/c1-13-2-11-18(12-19(13)25)30-23(32)20(26)21(24(30)33)28-16-7-3-14(4-8-16)22(31)29-17-9-5-15(27)6-10-17/h2-12,28H,1H3,(H,29,31). The zero-order valence-corrected chi connectivity index (χ0v) is 18.7. The molecule has 3 aromatic rings. The van der Waals surface area contributed by atoms with Crippen LogP contribution >= 0.6 is 23.2 Å². The van der Waals surface area contributed by atoms with Crippen molar-refractivity contribution < 1.29 is 18.8 Å². The van der Waals surface area contributed by atoms with E-state index in [1.54, 1.807) is 24.3 Å². The molecule has 0 bridgehead atoms. The van der Waals surface area contributed by atoms with Crippen LogP contribution in [0.5, 0.6) is 0 Å². The minimum atomic E-state index is -0.667. The smallest absolute Gasteiger partial charge is 0.283 e. The molecule has 6 nitrogen and oxygen atoms in total. The van der Waals surface area contributed by atoms with Crippen LogP contribution in [0.4, 0.5) is 21.5 Å². The first kappa shape index (κ1) is 22.5. The van der Waals surface area contributed by atoms with Crippen molar-refractivity contribution in [3.05, 3.63) is 99.4 Å². The number of amides is 3. The quantitative estimate of drug-likeness (QED) is 0.471. The number of imide groups is 1. The van der Waals surface area contributed by atoms with Crippen LogP contribution in [0.25, 0.3) is 0 Å². The minimum absolute atomic E-state index is 0.0816. The maximum atomic E-state index is 13.0. The van der Waals surface area contributed by atoms with Gasteiger partial charge in [0.25, 0.3) is 17.7 Å². The molecule has 2 N–H and O–H groups in total. The second-order valence-electron chi connectivity index (χ2n) is 7.23. The van der Waals surface area contributed by atoms with Gasteiger partial charge in [-0.1, -0.05) is 29.3 Å². The van der Waals surface area contributed by atoms with Gasteiger partial charge in [-0.2, -0.15) is 0 Å². The van der Waals surface area contributed by atoms with Crippen molar-refractivity contribution in [2.24, 2.45) is 0 Å². The SMILES string of the molecule is Cc1ccc(N2C(=O)C(Cl)=C(Nc3ccc(C(=O)Nc4ccc(F)cc4)cc3)C2=O)cc1Cl. The van der Waals surface area contributed by atoms with Gasteiger partial charge in [0, 0.05) is 22.0 Å². The van der Waals surface area contributed by atoms with Gasteiger partial charge in [0.05, 0.1) is 5.69 Å². The van der Waals surface area contributed by atoms with Gasteiger partial charge in [0.1, 0.15) is 16.5 Å². The second-order valence-corrected chi connectivity index (χ2v) is 8.02. The number of rotatable bonds is 5. The van der Waals surface area contributed by atoms with E-state index in [1.807, 2.05) is 6.92 Å². The van der Waals surface area contributed by atoms with E-state index in [4.69, 9.17) is 23.2 Å². The monoisotopic (exact) mass is 483 g/mol. The van der Waals surface area contributed by atoms with Gasteiger partial charge in [0.2, 0.25) is 0 Å². The largest absolute Gasteiger partial charge is 0.350 e. The molecule has 0 fully saturated rings. The van der Waals surface area contributed by atoms with E-state index in [0.29, 0.717) is 27.6 Å². The van der Waals surface area contributed by atoms with E-state index >= 15 is 0 Å². The van der Waals surface area contributed by atoms with Crippen LogP contribution in [0, 0.1) is 12.7 Å². The maximum Gasteiger partial charge on any atom is 0.283 e. The molecule has 0 saturated carbocycles. The summed E-state index contributed by atoms with van der Waals surface area (Å²) in [7, 11) is 0. The Labute approximate surface area is 198 Å². The highest BCUT2D eigenvalue weighted by Crippen LogP contribution is 2.32. The van der Waals surface area contributed by atoms with Crippen LogP contribution in [0.15, 0.2) is 77.5 Å². The Morgan fingerprint density at radius 1 is 0.879 bits per heavy atom. The molecule has 4 rings (SSSR count). The van der Waals surface area contributed by atoms with Crippen molar-refractivity contribution in [2.45, 2.75) is 6.92 Å². The highest BCUT2D eigenvalue weighted by atomic mass is 35.5. The topological polar surface area (TPSA) is 78.5 Å². The molecule has 9 heteroatoms. The number of carbonyl (C=O) groups is 3. The molecule has 0 spiro atoms. The molecule has 1 aliphatic heterocycles. The van der Waals surface area contributed by atoms with Crippen LogP contribution in [-0.2, 0) is 9.59 Å². The van der Waals surface area contributed by atoms with Gasteiger partial charge in [-0.3, -0.25) is 14.4 Å². The summed E-state index contributed by atoms with van der Waals surface area (Å²) < 4.78 is 13.0. The van der Waals surface area contributed by atoms with Crippen LogP contribution in [0.1, 0.15) is 15.9 Å².